The van der Waals surface area contributed by atoms with Gasteiger partial charge in [0.05, 0.1) is 0 Å². The van der Waals surface area contributed by atoms with Crippen LogP contribution in [0, 0.1) is 5.92 Å². The molecular formula is C15H23NO2. The van der Waals surface area contributed by atoms with Crippen molar-refractivity contribution in [3.05, 3.63) is 35.4 Å². The summed E-state index contributed by atoms with van der Waals surface area (Å²) in [5, 5.41) is 11.8. The summed E-state index contributed by atoms with van der Waals surface area (Å²) in [7, 11) is 0. The highest BCUT2D eigenvalue weighted by atomic mass is 16.4. The Bertz CT molecular complexity index is 357. The van der Waals surface area contributed by atoms with Gasteiger partial charge in [-0.3, -0.25) is 4.79 Å². The van der Waals surface area contributed by atoms with E-state index in [1.54, 1.807) is 0 Å². The molecule has 0 fully saturated rings. The number of aliphatic carboxylic acids is 1. The lowest BCUT2D eigenvalue weighted by Gasteiger charge is -2.07. The maximum atomic E-state index is 10.3. The molecule has 0 saturated carbocycles. The van der Waals surface area contributed by atoms with E-state index in [0.29, 0.717) is 12.3 Å². The second kappa shape index (κ2) is 7.88. The summed E-state index contributed by atoms with van der Waals surface area (Å²) in [6.45, 7) is 6.00. The average Bonchev–Trinajstić information content (AvgIpc) is 2.30. The van der Waals surface area contributed by atoms with Gasteiger partial charge in [0.15, 0.2) is 0 Å². The lowest BCUT2D eigenvalue weighted by molar-refractivity contribution is -0.137. The van der Waals surface area contributed by atoms with E-state index in [4.69, 9.17) is 5.11 Å². The van der Waals surface area contributed by atoms with Crippen LogP contribution in [0.15, 0.2) is 24.3 Å². The van der Waals surface area contributed by atoms with Gasteiger partial charge in [-0.05, 0) is 36.4 Å². The molecular weight excluding hydrogens is 226 g/mol. The minimum absolute atomic E-state index is 0.236. The zero-order valence-electron chi connectivity index (χ0n) is 11.3. The first kappa shape index (κ1) is 14.7. The molecule has 0 aliphatic heterocycles. The van der Waals surface area contributed by atoms with Crippen LogP contribution in [0.1, 0.15) is 37.8 Å². The van der Waals surface area contributed by atoms with E-state index in [0.717, 1.165) is 19.5 Å². The van der Waals surface area contributed by atoms with Crippen LogP contribution in [-0.2, 0) is 17.8 Å². The maximum Gasteiger partial charge on any atom is 0.303 e. The second-order valence-electron chi connectivity index (χ2n) is 5.09. The second-order valence-corrected chi connectivity index (χ2v) is 5.09. The molecule has 1 rings (SSSR count). The van der Waals surface area contributed by atoms with Crippen molar-refractivity contribution >= 4 is 5.97 Å². The third kappa shape index (κ3) is 6.40. The van der Waals surface area contributed by atoms with Crippen molar-refractivity contribution < 1.29 is 9.90 Å². The summed E-state index contributed by atoms with van der Waals surface area (Å²) < 4.78 is 0. The Kier molecular flexibility index (Phi) is 6.44. The quantitative estimate of drug-likeness (QED) is 0.696. The molecule has 0 amide bonds. The van der Waals surface area contributed by atoms with Crippen LogP contribution in [0.5, 0.6) is 0 Å². The SMILES string of the molecule is CC(C)Cc1ccc(CNCCCC(=O)O)cc1. The van der Waals surface area contributed by atoms with Gasteiger partial charge < -0.3 is 10.4 Å². The van der Waals surface area contributed by atoms with Crippen molar-refractivity contribution in [2.75, 3.05) is 6.54 Å². The number of carboxylic acids is 1. The monoisotopic (exact) mass is 249 g/mol. The third-order valence-electron chi connectivity index (χ3n) is 2.74. The Hall–Kier alpha value is -1.35. The van der Waals surface area contributed by atoms with Gasteiger partial charge in [0.25, 0.3) is 0 Å². The lowest BCUT2D eigenvalue weighted by Crippen LogP contribution is -2.15. The van der Waals surface area contributed by atoms with Gasteiger partial charge >= 0.3 is 5.97 Å². The first-order valence-corrected chi connectivity index (χ1v) is 6.58. The molecule has 3 heteroatoms. The number of hydrogen-bond acceptors (Lipinski definition) is 2. The highest BCUT2D eigenvalue weighted by Gasteiger charge is 1.99. The molecule has 100 valence electrons. The molecule has 0 aliphatic rings. The smallest absolute Gasteiger partial charge is 0.303 e. The summed E-state index contributed by atoms with van der Waals surface area (Å²) in [5.41, 5.74) is 2.62. The molecule has 18 heavy (non-hydrogen) atoms. The van der Waals surface area contributed by atoms with Crippen LogP contribution in [0.3, 0.4) is 0 Å². The molecule has 0 radical (unpaired) electrons. The molecule has 1 aromatic rings. The molecule has 0 unspecified atom stereocenters. The molecule has 0 atom stereocenters. The van der Waals surface area contributed by atoms with E-state index in [1.807, 2.05) is 0 Å². The first-order valence-electron chi connectivity index (χ1n) is 6.58. The molecule has 0 aromatic heterocycles. The van der Waals surface area contributed by atoms with E-state index in [2.05, 4.69) is 43.4 Å². The van der Waals surface area contributed by atoms with Crippen molar-refractivity contribution in [2.24, 2.45) is 5.92 Å². The van der Waals surface area contributed by atoms with E-state index in [9.17, 15) is 4.79 Å². The van der Waals surface area contributed by atoms with Crippen LogP contribution in [0.4, 0.5) is 0 Å². The molecule has 0 heterocycles. The van der Waals surface area contributed by atoms with E-state index in [1.165, 1.54) is 11.1 Å². The van der Waals surface area contributed by atoms with Crippen LogP contribution < -0.4 is 5.32 Å². The number of carbonyl (C=O) groups is 1. The molecule has 0 spiro atoms. The van der Waals surface area contributed by atoms with Crippen molar-refractivity contribution in [3.63, 3.8) is 0 Å². The fourth-order valence-electron chi connectivity index (χ4n) is 1.86. The van der Waals surface area contributed by atoms with Gasteiger partial charge in [0, 0.05) is 13.0 Å². The van der Waals surface area contributed by atoms with Crippen molar-refractivity contribution in [1.82, 2.24) is 5.32 Å². The lowest BCUT2D eigenvalue weighted by atomic mass is 10.0. The van der Waals surface area contributed by atoms with Crippen molar-refractivity contribution in [2.45, 2.75) is 39.7 Å². The number of rotatable bonds is 8. The van der Waals surface area contributed by atoms with Crippen molar-refractivity contribution in [1.29, 1.82) is 0 Å². The predicted molar refractivity (Wildman–Crippen MR) is 73.6 cm³/mol. The van der Waals surface area contributed by atoms with Gasteiger partial charge in [0.1, 0.15) is 0 Å². The summed E-state index contributed by atoms with van der Waals surface area (Å²) in [5.74, 6) is -0.0418. The highest BCUT2D eigenvalue weighted by molar-refractivity contribution is 5.66. The molecule has 2 N–H and O–H groups in total. The molecule has 3 nitrogen and oxygen atoms in total. The Morgan fingerprint density at radius 2 is 1.83 bits per heavy atom. The normalized spacial score (nSPS) is 10.8. The molecule has 0 bridgehead atoms. The van der Waals surface area contributed by atoms with Gasteiger partial charge in [-0.2, -0.15) is 0 Å². The minimum Gasteiger partial charge on any atom is -0.481 e. The number of hydrogen-bond donors (Lipinski definition) is 2. The summed E-state index contributed by atoms with van der Waals surface area (Å²) >= 11 is 0. The molecule has 0 saturated heterocycles. The molecule has 0 aliphatic carbocycles. The topological polar surface area (TPSA) is 49.3 Å². The van der Waals surface area contributed by atoms with E-state index in [-0.39, 0.29) is 6.42 Å². The Morgan fingerprint density at radius 3 is 2.39 bits per heavy atom. The van der Waals surface area contributed by atoms with Crippen LogP contribution in [-0.4, -0.2) is 17.6 Å². The van der Waals surface area contributed by atoms with Crippen LogP contribution in [0.25, 0.3) is 0 Å². The Morgan fingerprint density at radius 1 is 1.22 bits per heavy atom. The maximum absolute atomic E-state index is 10.3. The fraction of sp³-hybridized carbons (Fsp3) is 0.533. The minimum atomic E-state index is -0.727. The van der Waals surface area contributed by atoms with Crippen LogP contribution in [0.2, 0.25) is 0 Å². The standard InChI is InChI=1S/C15H23NO2/c1-12(2)10-13-5-7-14(8-6-13)11-16-9-3-4-15(17)18/h5-8,12,16H,3-4,9-11H2,1-2H3,(H,17,18). The molecule has 1 aromatic carbocycles. The van der Waals surface area contributed by atoms with E-state index >= 15 is 0 Å². The largest absolute Gasteiger partial charge is 0.481 e. The Balaban J connectivity index is 2.24. The predicted octanol–water partition coefficient (Wildman–Crippen LogP) is 2.84. The van der Waals surface area contributed by atoms with Crippen LogP contribution >= 0.6 is 0 Å². The zero-order chi connectivity index (χ0) is 13.4. The van der Waals surface area contributed by atoms with Gasteiger partial charge in [0.2, 0.25) is 0 Å². The van der Waals surface area contributed by atoms with Crippen molar-refractivity contribution in [3.8, 4) is 0 Å². The highest BCUT2D eigenvalue weighted by Crippen LogP contribution is 2.09. The summed E-state index contributed by atoms with van der Waals surface area (Å²) in [6, 6.07) is 8.63. The third-order valence-corrected chi connectivity index (χ3v) is 2.74. The fourth-order valence-corrected chi connectivity index (χ4v) is 1.86. The summed E-state index contributed by atoms with van der Waals surface area (Å²) in [6.07, 6.45) is 2.04. The van der Waals surface area contributed by atoms with Gasteiger partial charge in [-0.1, -0.05) is 38.1 Å². The summed E-state index contributed by atoms with van der Waals surface area (Å²) in [4.78, 5) is 10.3. The first-order chi connectivity index (χ1) is 8.58. The zero-order valence-corrected chi connectivity index (χ0v) is 11.3. The number of carboxylic acid groups (broad SMARTS) is 1. The number of nitrogens with one attached hydrogen (secondary N) is 1. The van der Waals surface area contributed by atoms with Gasteiger partial charge in [-0.15, -0.1) is 0 Å². The van der Waals surface area contributed by atoms with Gasteiger partial charge in [-0.25, -0.2) is 0 Å². The van der Waals surface area contributed by atoms with E-state index < -0.39 is 5.97 Å². The number of benzene rings is 1. The Labute approximate surface area is 109 Å². The average molecular weight is 249 g/mol.